The molecule has 9 heteroatoms. The van der Waals surface area contributed by atoms with Crippen LogP contribution in [0.5, 0.6) is 23.0 Å². The van der Waals surface area contributed by atoms with Gasteiger partial charge in [-0.05, 0) is 31.0 Å². The lowest BCUT2D eigenvalue weighted by molar-refractivity contribution is -0.262. The Morgan fingerprint density at radius 3 is 2.30 bits per heavy atom. The number of aliphatic hydroxyl groups excluding tert-OH is 3. The van der Waals surface area contributed by atoms with Crippen LogP contribution < -0.4 is 4.74 Å². The van der Waals surface area contributed by atoms with E-state index in [1.165, 1.54) is 12.1 Å². The zero-order valence-corrected chi connectivity index (χ0v) is 15.9. The van der Waals surface area contributed by atoms with Gasteiger partial charge in [-0.25, -0.2) is 0 Å². The smallest absolute Gasteiger partial charge is 0.229 e. The summed E-state index contributed by atoms with van der Waals surface area (Å²) in [5.41, 5.74) is 0.550. The third kappa shape index (κ3) is 4.65. The van der Waals surface area contributed by atoms with E-state index in [-0.39, 0.29) is 23.5 Å². The van der Waals surface area contributed by atoms with E-state index in [0.717, 1.165) is 17.7 Å². The summed E-state index contributed by atoms with van der Waals surface area (Å²) < 4.78 is 10.7. The number of Topliss-reactive ketones (excluding diaryl/α,β-unsaturated/α-hetero) is 1. The molecule has 1 radical (unpaired) electrons. The Kier molecular flexibility index (Phi) is 6.47. The van der Waals surface area contributed by atoms with E-state index in [1.54, 1.807) is 12.1 Å². The number of aryl methyl sites for hydroxylation is 1. The van der Waals surface area contributed by atoms with Gasteiger partial charge in [-0.3, -0.25) is 4.79 Å². The standard InChI is InChI=1S/C21H23O9/c1-10-18(26)19(27)20(28)21(29-10)30-16-9-13(23)8-15(25)17(16)14(24)7-4-11-2-5-12(22)6-3-11/h2-3,5-6,8-10,18-23,25-28H,1,4,7H2. The van der Waals surface area contributed by atoms with Gasteiger partial charge in [0.05, 0.1) is 6.10 Å². The number of phenolic OH excluding ortho intramolecular Hbond substituents is 3. The molecule has 0 aliphatic carbocycles. The zero-order valence-electron chi connectivity index (χ0n) is 15.9. The fraction of sp³-hybridized carbons (Fsp3) is 0.333. The largest absolute Gasteiger partial charge is 0.508 e. The van der Waals surface area contributed by atoms with E-state index in [1.807, 2.05) is 0 Å². The molecule has 1 heterocycles. The van der Waals surface area contributed by atoms with Gasteiger partial charge in [0.2, 0.25) is 6.29 Å². The van der Waals surface area contributed by atoms with Crippen LogP contribution in [-0.4, -0.2) is 67.1 Å². The van der Waals surface area contributed by atoms with Crippen molar-refractivity contribution >= 4 is 5.78 Å². The van der Waals surface area contributed by atoms with E-state index in [4.69, 9.17) is 9.47 Å². The van der Waals surface area contributed by atoms with Crippen molar-refractivity contribution in [2.45, 2.75) is 43.5 Å². The lowest BCUT2D eigenvalue weighted by atomic mass is 9.99. The minimum absolute atomic E-state index is 0.0210. The molecular formula is C21H23O9. The molecule has 5 unspecified atom stereocenters. The van der Waals surface area contributed by atoms with Crippen LogP contribution in [0.2, 0.25) is 0 Å². The Hall–Kier alpha value is -2.85. The van der Waals surface area contributed by atoms with Gasteiger partial charge in [0.25, 0.3) is 0 Å². The number of hydrogen-bond acceptors (Lipinski definition) is 9. The first-order chi connectivity index (χ1) is 14.2. The minimum Gasteiger partial charge on any atom is -0.508 e. The van der Waals surface area contributed by atoms with Crippen molar-refractivity contribution < 1.29 is 44.9 Å². The van der Waals surface area contributed by atoms with Crippen LogP contribution in [-0.2, 0) is 11.2 Å². The predicted molar refractivity (Wildman–Crippen MR) is 103 cm³/mol. The molecule has 6 N–H and O–H groups in total. The summed E-state index contributed by atoms with van der Waals surface area (Å²) in [6.45, 7) is 3.51. The number of ketones is 1. The van der Waals surface area contributed by atoms with Crippen LogP contribution in [0.3, 0.4) is 0 Å². The molecule has 0 amide bonds. The lowest BCUT2D eigenvalue weighted by Crippen LogP contribution is -2.58. The summed E-state index contributed by atoms with van der Waals surface area (Å²) in [4.78, 5) is 12.8. The first kappa shape index (κ1) is 21.8. The van der Waals surface area contributed by atoms with Crippen LogP contribution in [0.4, 0.5) is 0 Å². The number of hydrogen-bond donors (Lipinski definition) is 6. The number of ether oxygens (including phenoxy) is 2. The first-order valence-electron chi connectivity index (χ1n) is 9.24. The van der Waals surface area contributed by atoms with Crippen LogP contribution >= 0.6 is 0 Å². The van der Waals surface area contributed by atoms with Gasteiger partial charge in [-0.2, -0.15) is 0 Å². The molecule has 1 saturated heterocycles. The Morgan fingerprint density at radius 2 is 1.63 bits per heavy atom. The van der Waals surface area contributed by atoms with E-state index in [9.17, 15) is 35.4 Å². The van der Waals surface area contributed by atoms with Crippen molar-refractivity contribution in [3.63, 3.8) is 0 Å². The SMILES string of the molecule is [CH2]C1OC(Oc2cc(O)cc(O)c2C(=O)CCc2ccc(O)cc2)C(O)C(O)C1O. The van der Waals surface area contributed by atoms with E-state index < -0.39 is 48.0 Å². The Bertz CT molecular complexity index is 896. The molecule has 0 bridgehead atoms. The van der Waals surface area contributed by atoms with Crippen LogP contribution in [0, 0.1) is 6.92 Å². The fourth-order valence-corrected chi connectivity index (χ4v) is 3.14. The second-order valence-electron chi connectivity index (χ2n) is 7.06. The molecular weight excluding hydrogens is 396 g/mol. The van der Waals surface area contributed by atoms with Crippen molar-refractivity contribution in [2.24, 2.45) is 0 Å². The highest BCUT2D eigenvalue weighted by molar-refractivity contribution is 6.01. The molecule has 1 aliphatic rings. The van der Waals surface area contributed by atoms with Crippen molar-refractivity contribution in [1.29, 1.82) is 0 Å². The second kappa shape index (κ2) is 8.88. The predicted octanol–water partition coefficient (Wildman–Crippen LogP) is 0.639. The number of carbonyl (C=O) groups excluding carboxylic acids is 1. The average molecular weight is 419 g/mol. The van der Waals surface area contributed by atoms with Gasteiger partial charge < -0.3 is 40.1 Å². The number of rotatable bonds is 6. The highest BCUT2D eigenvalue weighted by Gasteiger charge is 2.43. The third-order valence-electron chi connectivity index (χ3n) is 4.83. The highest BCUT2D eigenvalue weighted by atomic mass is 16.7. The van der Waals surface area contributed by atoms with Crippen LogP contribution in [0.25, 0.3) is 0 Å². The molecule has 0 saturated carbocycles. The summed E-state index contributed by atoms with van der Waals surface area (Å²) in [6.07, 6.45) is -7.04. The minimum atomic E-state index is -1.66. The molecule has 9 nitrogen and oxygen atoms in total. The maximum absolute atomic E-state index is 12.8. The van der Waals surface area contributed by atoms with E-state index >= 15 is 0 Å². The summed E-state index contributed by atoms with van der Waals surface area (Å²) in [5.74, 6) is -1.60. The van der Waals surface area contributed by atoms with Crippen molar-refractivity contribution in [2.75, 3.05) is 0 Å². The number of aliphatic hydroxyl groups is 3. The third-order valence-corrected chi connectivity index (χ3v) is 4.83. The first-order valence-corrected chi connectivity index (χ1v) is 9.24. The number of benzene rings is 2. The quantitative estimate of drug-likeness (QED) is 0.370. The van der Waals surface area contributed by atoms with Gasteiger partial charge in [0.1, 0.15) is 46.9 Å². The highest BCUT2D eigenvalue weighted by Crippen LogP contribution is 2.36. The maximum atomic E-state index is 12.8. The molecule has 2 aromatic rings. The zero-order chi connectivity index (χ0) is 22.0. The summed E-state index contributed by atoms with van der Waals surface area (Å²) in [5, 5.41) is 59.1. The molecule has 161 valence electrons. The summed E-state index contributed by atoms with van der Waals surface area (Å²) in [7, 11) is 0. The summed E-state index contributed by atoms with van der Waals surface area (Å²) >= 11 is 0. The number of carbonyl (C=O) groups is 1. The van der Waals surface area contributed by atoms with E-state index in [0.29, 0.717) is 6.42 Å². The molecule has 1 fully saturated rings. The number of aromatic hydroxyl groups is 3. The monoisotopic (exact) mass is 419 g/mol. The van der Waals surface area contributed by atoms with Crippen molar-refractivity contribution in [3.05, 3.63) is 54.4 Å². The second-order valence-corrected chi connectivity index (χ2v) is 7.06. The Labute approximate surface area is 172 Å². The molecule has 5 atom stereocenters. The van der Waals surface area contributed by atoms with Crippen molar-refractivity contribution in [3.8, 4) is 23.0 Å². The fourth-order valence-electron chi connectivity index (χ4n) is 3.14. The number of phenols is 3. The van der Waals surface area contributed by atoms with Gasteiger partial charge in [0, 0.05) is 18.6 Å². The van der Waals surface area contributed by atoms with Gasteiger partial charge in [-0.15, -0.1) is 0 Å². The Morgan fingerprint density at radius 1 is 0.967 bits per heavy atom. The summed E-state index contributed by atoms with van der Waals surface area (Å²) in [6, 6.07) is 8.33. The molecule has 3 rings (SSSR count). The Balaban J connectivity index is 1.81. The van der Waals surface area contributed by atoms with E-state index in [2.05, 4.69) is 6.92 Å². The molecule has 0 aromatic heterocycles. The normalized spacial score (nSPS) is 26.3. The molecule has 1 aliphatic heterocycles. The lowest BCUT2D eigenvalue weighted by Gasteiger charge is -2.39. The van der Waals surface area contributed by atoms with Crippen molar-refractivity contribution in [1.82, 2.24) is 0 Å². The average Bonchev–Trinajstić information content (AvgIpc) is 2.69. The molecule has 0 spiro atoms. The molecule has 30 heavy (non-hydrogen) atoms. The topological polar surface area (TPSA) is 157 Å². The van der Waals surface area contributed by atoms with Gasteiger partial charge in [-0.1, -0.05) is 12.1 Å². The van der Waals surface area contributed by atoms with Gasteiger partial charge >= 0.3 is 0 Å². The molecule has 2 aromatic carbocycles. The van der Waals surface area contributed by atoms with Crippen LogP contribution in [0.15, 0.2) is 36.4 Å². The van der Waals surface area contributed by atoms with Gasteiger partial charge in [0.15, 0.2) is 5.78 Å². The van der Waals surface area contributed by atoms with Crippen LogP contribution in [0.1, 0.15) is 22.3 Å². The maximum Gasteiger partial charge on any atom is 0.229 e.